The van der Waals surface area contributed by atoms with Gasteiger partial charge in [-0.2, -0.15) is 4.98 Å². The highest BCUT2D eigenvalue weighted by Crippen LogP contribution is 2.25. The fourth-order valence-corrected chi connectivity index (χ4v) is 2.59. The van der Waals surface area contributed by atoms with E-state index in [9.17, 15) is 0 Å². The number of aryl methyl sites for hydroxylation is 1. The first-order valence-corrected chi connectivity index (χ1v) is 6.99. The lowest BCUT2D eigenvalue weighted by Gasteiger charge is -2.09. The van der Waals surface area contributed by atoms with Crippen molar-refractivity contribution in [1.29, 1.82) is 0 Å². The maximum absolute atomic E-state index is 6.11. The summed E-state index contributed by atoms with van der Waals surface area (Å²) in [5.41, 5.74) is 9.29. The molecule has 0 atom stereocenters. The molecule has 0 aromatic carbocycles. The second-order valence-corrected chi connectivity index (χ2v) is 5.59. The molecule has 0 unspecified atom stereocenters. The third kappa shape index (κ3) is 2.16. The monoisotopic (exact) mass is 285 g/mol. The van der Waals surface area contributed by atoms with Crippen LogP contribution in [0, 0.1) is 12.8 Å². The van der Waals surface area contributed by atoms with E-state index in [1.54, 1.807) is 13.2 Å². The van der Waals surface area contributed by atoms with Crippen molar-refractivity contribution in [3.8, 4) is 5.88 Å². The van der Waals surface area contributed by atoms with Crippen molar-refractivity contribution in [3.63, 3.8) is 0 Å². The lowest BCUT2D eigenvalue weighted by atomic mass is 10.1. The number of hydrogen-bond acceptors (Lipinski definition) is 5. The van der Waals surface area contributed by atoms with Crippen LogP contribution in [-0.4, -0.2) is 26.5 Å². The summed E-state index contributed by atoms with van der Waals surface area (Å²) in [6.45, 7) is 6.28. The fourth-order valence-electron chi connectivity index (χ4n) is 2.59. The molecule has 6 heteroatoms. The van der Waals surface area contributed by atoms with Crippen molar-refractivity contribution in [2.75, 3.05) is 12.8 Å². The molecular formula is C15H19N5O. The number of hydrogen-bond donors (Lipinski definition) is 1. The van der Waals surface area contributed by atoms with E-state index < -0.39 is 0 Å². The Hall–Kier alpha value is -2.37. The van der Waals surface area contributed by atoms with Gasteiger partial charge in [-0.05, 0) is 18.9 Å². The summed E-state index contributed by atoms with van der Waals surface area (Å²) >= 11 is 0. The lowest BCUT2D eigenvalue weighted by Crippen LogP contribution is -2.06. The van der Waals surface area contributed by atoms with Gasteiger partial charge >= 0.3 is 0 Å². The zero-order valence-electron chi connectivity index (χ0n) is 12.7. The first-order chi connectivity index (χ1) is 10.0. The SMILES string of the molecule is COc1ccc2nc(N)c3c(C)nc(CC(C)C)n3c2n1. The van der Waals surface area contributed by atoms with Gasteiger partial charge in [0.15, 0.2) is 11.5 Å². The maximum Gasteiger partial charge on any atom is 0.215 e. The molecule has 2 N–H and O–H groups in total. The van der Waals surface area contributed by atoms with E-state index in [0.717, 1.165) is 34.6 Å². The maximum atomic E-state index is 6.11. The number of ether oxygens (including phenoxy) is 1. The number of nitrogens with zero attached hydrogens (tertiary/aromatic N) is 4. The molecule has 0 aliphatic rings. The molecular weight excluding hydrogens is 266 g/mol. The number of rotatable bonds is 3. The molecule has 0 radical (unpaired) electrons. The number of nitrogen functional groups attached to an aromatic ring is 1. The molecule has 3 heterocycles. The molecule has 0 fully saturated rings. The van der Waals surface area contributed by atoms with Crippen LogP contribution < -0.4 is 10.5 Å². The van der Waals surface area contributed by atoms with Crippen LogP contribution >= 0.6 is 0 Å². The molecule has 0 saturated carbocycles. The number of fused-ring (bicyclic) bond motifs is 3. The van der Waals surface area contributed by atoms with E-state index in [1.165, 1.54) is 0 Å². The lowest BCUT2D eigenvalue weighted by molar-refractivity contribution is 0.399. The number of methoxy groups -OCH3 is 1. The van der Waals surface area contributed by atoms with Gasteiger partial charge in [-0.3, -0.25) is 4.40 Å². The summed E-state index contributed by atoms with van der Waals surface area (Å²) in [5.74, 6) is 2.48. The minimum absolute atomic E-state index is 0.481. The van der Waals surface area contributed by atoms with Crippen LogP contribution in [0.5, 0.6) is 5.88 Å². The van der Waals surface area contributed by atoms with Crippen LogP contribution in [0.25, 0.3) is 16.7 Å². The number of imidazole rings is 1. The molecule has 0 aliphatic heterocycles. The summed E-state index contributed by atoms with van der Waals surface area (Å²) in [4.78, 5) is 13.6. The smallest absolute Gasteiger partial charge is 0.215 e. The van der Waals surface area contributed by atoms with E-state index in [4.69, 9.17) is 10.5 Å². The molecule has 0 amide bonds. The van der Waals surface area contributed by atoms with Crippen LogP contribution in [0.1, 0.15) is 25.4 Å². The van der Waals surface area contributed by atoms with Crippen LogP contribution in [0.2, 0.25) is 0 Å². The molecule has 110 valence electrons. The molecule has 21 heavy (non-hydrogen) atoms. The normalized spacial score (nSPS) is 11.7. The average Bonchev–Trinajstić information content (AvgIpc) is 2.75. The number of pyridine rings is 1. The van der Waals surface area contributed by atoms with E-state index >= 15 is 0 Å². The second-order valence-electron chi connectivity index (χ2n) is 5.59. The standard InChI is InChI=1S/C15H19N5O/c1-8(2)7-11-17-9(3)13-14(16)18-10-5-6-12(21-4)19-15(10)20(11)13/h5-6,8H,7H2,1-4H3,(H2,16,18). The van der Waals surface area contributed by atoms with Gasteiger partial charge in [-0.1, -0.05) is 13.8 Å². The first kappa shape index (κ1) is 13.6. The van der Waals surface area contributed by atoms with Crippen LogP contribution in [0.3, 0.4) is 0 Å². The van der Waals surface area contributed by atoms with Gasteiger partial charge < -0.3 is 10.5 Å². The predicted octanol–water partition coefficient (Wildman–Crippen LogP) is 2.38. The summed E-state index contributed by atoms with van der Waals surface area (Å²) in [7, 11) is 1.60. The minimum Gasteiger partial charge on any atom is -0.481 e. The molecule has 3 aromatic heterocycles. The van der Waals surface area contributed by atoms with Crippen molar-refractivity contribution in [2.24, 2.45) is 5.92 Å². The largest absolute Gasteiger partial charge is 0.481 e. The Morgan fingerprint density at radius 1 is 1.24 bits per heavy atom. The van der Waals surface area contributed by atoms with Crippen molar-refractivity contribution in [3.05, 3.63) is 23.7 Å². The quantitative estimate of drug-likeness (QED) is 0.799. The zero-order valence-corrected chi connectivity index (χ0v) is 12.7. The van der Waals surface area contributed by atoms with Gasteiger partial charge in [-0.25, -0.2) is 9.97 Å². The Morgan fingerprint density at radius 2 is 2.00 bits per heavy atom. The highest BCUT2D eigenvalue weighted by Gasteiger charge is 2.17. The van der Waals surface area contributed by atoms with Crippen molar-refractivity contribution in [1.82, 2.24) is 19.4 Å². The van der Waals surface area contributed by atoms with Crippen molar-refractivity contribution in [2.45, 2.75) is 27.2 Å². The van der Waals surface area contributed by atoms with E-state index in [0.29, 0.717) is 17.6 Å². The molecule has 0 saturated heterocycles. The van der Waals surface area contributed by atoms with Gasteiger partial charge in [0.25, 0.3) is 0 Å². The van der Waals surface area contributed by atoms with E-state index in [1.807, 2.05) is 17.4 Å². The van der Waals surface area contributed by atoms with Crippen molar-refractivity contribution < 1.29 is 4.74 Å². The van der Waals surface area contributed by atoms with Gasteiger partial charge in [0.05, 0.1) is 12.8 Å². The van der Waals surface area contributed by atoms with Gasteiger partial charge in [-0.15, -0.1) is 0 Å². The van der Waals surface area contributed by atoms with Gasteiger partial charge in [0, 0.05) is 12.5 Å². The summed E-state index contributed by atoms with van der Waals surface area (Å²) < 4.78 is 7.23. The van der Waals surface area contributed by atoms with Crippen LogP contribution in [0.15, 0.2) is 12.1 Å². The molecule has 6 nitrogen and oxygen atoms in total. The molecule has 0 spiro atoms. The van der Waals surface area contributed by atoms with Gasteiger partial charge in [0.1, 0.15) is 16.9 Å². The van der Waals surface area contributed by atoms with Gasteiger partial charge in [0.2, 0.25) is 5.88 Å². The Balaban J connectivity index is 2.43. The molecule has 0 aliphatic carbocycles. The number of aromatic nitrogens is 4. The predicted molar refractivity (Wildman–Crippen MR) is 82.5 cm³/mol. The average molecular weight is 285 g/mol. The second kappa shape index (κ2) is 4.87. The minimum atomic E-state index is 0.481. The Morgan fingerprint density at radius 3 is 2.67 bits per heavy atom. The summed E-state index contributed by atoms with van der Waals surface area (Å²) in [6.07, 6.45) is 0.854. The zero-order chi connectivity index (χ0) is 15.1. The highest BCUT2D eigenvalue weighted by molar-refractivity contribution is 5.83. The third-order valence-corrected chi connectivity index (χ3v) is 3.45. The van der Waals surface area contributed by atoms with E-state index in [2.05, 4.69) is 28.8 Å². The topological polar surface area (TPSA) is 78.3 Å². The fraction of sp³-hybridized carbons (Fsp3) is 0.400. The van der Waals surface area contributed by atoms with Crippen LogP contribution in [0.4, 0.5) is 5.82 Å². The number of nitrogens with two attached hydrogens (primary N) is 1. The summed E-state index contributed by atoms with van der Waals surface area (Å²) in [5, 5.41) is 0. The highest BCUT2D eigenvalue weighted by atomic mass is 16.5. The summed E-state index contributed by atoms with van der Waals surface area (Å²) in [6, 6.07) is 3.65. The Labute approximate surface area is 123 Å². The molecule has 3 aromatic rings. The Kier molecular flexibility index (Phi) is 3.16. The molecule has 0 bridgehead atoms. The van der Waals surface area contributed by atoms with Crippen LogP contribution in [-0.2, 0) is 6.42 Å². The number of anilines is 1. The Bertz CT molecular complexity index is 822. The molecule has 3 rings (SSSR count). The van der Waals surface area contributed by atoms with Crippen molar-refractivity contribution >= 4 is 22.5 Å². The third-order valence-electron chi connectivity index (χ3n) is 3.45. The van der Waals surface area contributed by atoms with E-state index in [-0.39, 0.29) is 0 Å². The first-order valence-electron chi connectivity index (χ1n) is 6.99.